The molecule has 0 aliphatic heterocycles. The van der Waals surface area contributed by atoms with Crippen LogP contribution in [0.5, 0.6) is 0 Å². The summed E-state index contributed by atoms with van der Waals surface area (Å²) in [7, 11) is 4.15. The molecule has 0 unspecified atom stereocenters. The van der Waals surface area contributed by atoms with E-state index >= 15 is 0 Å². The van der Waals surface area contributed by atoms with Crippen LogP contribution >= 0.6 is 0 Å². The Morgan fingerprint density at radius 2 is 2.33 bits per heavy atom. The largest absolute Gasteiger partial charge is 0.346 e. The normalized spacial score (nSPS) is 9.33. The first-order chi connectivity index (χ1) is 2.77. The summed E-state index contributed by atoms with van der Waals surface area (Å²) in [5, 5.41) is 2.94. The van der Waals surface area contributed by atoms with Gasteiger partial charge in [-0.1, -0.05) is 0 Å². The first kappa shape index (κ1) is 5.91. The van der Waals surface area contributed by atoms with Gasteiger partial charge in [-0.2, -0.15) is 5.03 Å². The van der Waals surface area contributed by atoms with E-state index in [0.29, 0.717) is 5.03 Å². The fourth-order valence-corrected chi connectivity index (χ4v) is 0.178. The van der Waals surface area contributed by atoms with E-state index in [2.05, 4.69) is 5.23 Å². The van der Waals surface area contributed by atoms with Crippen LogP contribution in [0.3, 0.4) is 0 Å². The Hall–Kier alpha value is -0.0851. The average Bonchev–Trinajstić information content (AvgIpc) is 1.35. The summed E-state index contributed by atoms with van der Waals surface area (Å²) in [6.45, 7) is 0. The third-order valence-corrected chi connectivity index (χ3v) is 0.307. The van der Waals surface area contributed by atoms with Crippen molar-refractivity contribution in [3.63, 3.8) is 0 Å². The fraction of sp³-hybridized carbons (Fsp3) is 1.00. The number of halogens is 1. The third-order valence-electron chi connectivity index (χ3n) is 0.307. The van der Waals surface area contributed by atoms with Crippen molar-refractivity contribution in [2.75, 3.05) is 14.1 Å². The lowest BCUT2D eigenvalue weighted by Crippen LogP contribution is -2.25. The van der Waals surface area contributed by atoms with Crippen LogP contribution in [0.2, 0.25) is 0 Å². The highest BCUT2D eigenvalue weighted by atomic mass is 19.2. The van der Waals surface area contributed by atoms with Gasteiger partial charge in [0.25, 0.3) is 0 Å². The zero-order valence-corrected chi connectivity index (χ0v) is 3.90. The Balaban J connectivity index is 2.63. The smallest absolute Gasteiger partial charge is 0.346 e. The van der Waals surface area contributed by atoms with Crippen molar-refractivity contribution < 1.29 is 4.48 Å². The number of rotatable bonds is 2. The van der Waals surface area contributed by atoms with Crippen molar-refractivity contribution in [1.29, 1.82) is 0 Å². The van der Waals surface area contributed by atoms with Crippen LogP contribution in [-0.4, -0.2) is 26.7 Å². The van der Waals surface area contributed by atoms with E-state index < -0.39 is 0 Å². The number of nitrogens with zero attached hydrogens (tertiary/aromatic N) is 1. The molecule has 0 rings (SSSR count). The second kappa shape index (κ2) is 3.12. The molecule has 0 aliphatic carbocycles. The minimum atomic E-state index is 0.444. The molecular formula is C2H7BFN2. The molecule has 0 bridgehead atoms. The van der Waals surface area contributed by atoms with E-state index in [9.17, 15) is 4.48 Å². The minimum absolute atomic E-state index is 0.444. The summed E-state index contributed by atoms with van der Waals surface area (Å²) in [4.78, 5) is 0. The topological polar surface area (TPSA) is 15.3 Å². The number of nitrogens with one attached hydrogen (secondary N) is 1. The highest BCUT2D eigenvalue weighted by Crippen LogP contribution is 1.68. The molecule has 0 aromatic carbocycles. The van der Waals surface area contributed by atoms with Gasteiger partial charge in [-0.25, -0.2) is 0 Å². The van der Waals surface area contributed by atoms with Gasteiger partial charge >= 0.3 is 7.55 Å². The summed E-state index contributed by atoms with van der Waals surface area (Å²) in [5.41, 5.74) is 0. The minimum Gasteiger partial charge on any atom is -0.346 e. The Morgan fingerprint density at radius 1 is 1.83 bits per heavy atom. The lowest BCUT2D eigenvalue weighted by Gasteiger charge is -1.96. The molecule has 0 fully saturated rings. The lowest BCUT2D eigenvalue weighted by molar-refractivity contribution is 0.177. The summed E-state index contributed by atoms with van der Waals surface area (Å²) in [5.74, 6) is 0. The van der Waals surface area contributed by atoms with E-state index in [-0.39, 0.29) is 0 Å². The van der Waals surface area contributed by atoms with Gasteiger partial charge in [0.1, 0.15) is 0 Å². The van der Waals surface area contributed by atoms with Crippen LogP contribution in [0, 0.1) is 0 Å². The van der Waals surface area contributed by atoms with E-state index in [1.807, 2.05) is 0 Å². The zero-order chi connectivity index (χ0) is 4.99. The predicted molar refractivity (Wildman–Crippen MR) is 23.7 cm³/mol. The van der Waals surface area contributed by atoms with Crippen LogP contribution in [0.15, 0.2) is 0 Å². The molecule has 2 nitrogen and oxygen atoms in total. The molecule has 1 radical (unpaired) electrons. The molecule has 0 aliphatic rings. The van der Waals surface area contributed by atoms with Crippen molar-refractivity contribution in [3.05, 3.63) is 0 Å². The maximum Gasteiger partial charge on any atom is 0.346 e. The van der Waals surface area contributed by atoms with Crippen LogP contribution in [0.1, 0.15) is 0 Å². The average molecular weight is 88.9 g/mol. The molecule has 0 atom stereocenters. The number of hydrogen-bond donors (Lipinski definition) is 1. The monoisotopic (exact) mass is 89.1 g/mol. The summed E-state index contributed by atoms with van der Waals surface area (Å²) >= 11 is 0. The van der Waals surface area contributed by atoms with E-state index in [1.165, 1.54) is 14.6 Å². The quantitative estimate of drug-likeness (QED) is 0.364. The Labute approximate surface area is 37.5 Å². The summed E-state index contributed by atoms with van der Waals surface area (Å²) in [6, 6.07) is 0. The summed E-state index contributed by atoms with van der Waals surface area (Å²) < 4.78 is 11.4. The second-order valence-corrected chi connectivity index (χ2v) is 0.943. The Morgan fingerprint density at radius 3 is 2.33 bits per heavy atom. The molecule has 0 aromatic heterocycles. The lowest BCUT2D eigenvalue weighted by atomic mass is 10.2. The van der Waals surface area contributed by atoms with Gasteiger partial charge < -0.3 is 5.23 Å². The van der Waals surface area contributed by atoms with Crippen molar-refractivity contribution in [2.24, 2.45) is 0 Å². The highest BCUT2D eigenvalue weighted by Gasteiger charge is 1.89. The first-order valence-electron chi connectivity index (χ1n) is 1.66. The van der Waals surface area contributed by atoms with Crippen molar-refractivity contribution in [2.45, 2.75) is 0 Å². The molecular weight excluding hydrogens is 81.8 g/mol. The van der Waals surface area contributed by atoms with Gasteiger partial charge in [0, 0.05) is 7.05 Å². The van der Waals surface area contributed by atoms with Crippen molar-refractivity contribution in [1.82, 2.24) is 10.3 Å². The predicted octanol–water partition coefficient (Wildman–Crippen LogP) is -0.444. The molecule has 1 N–H and O–H groups in total. The SMILES string of the molecule is CN[B]N(C)F. The third kappa shape index (κ3) is 3.91. The standard InChI is InChI=1S/C2H7BFN2/c1-5-3-6(2)4/h5H,1-2H3. The maximum absolute atomic E-state index is 11.4. The van der Waals surface area contributed by atoms with E-state index in [1.54, 1.807) is 7.05 Å². The van der Waals surface area contributed by atoms with Crippen LogP contribution in [0.25, 0.3) is 0 Å². The highest BCUT2D eigenvalue weighted by molar-refractivity contribution is 6.27. The fourth-order valence-electron chi connectivity index (χ4n) is 0.178. The molecule has 6 heavy (non-hydrogen) atoms. The van der Waals surface area contributed by atoms with Gasteiger partial charge in [0.15, 0.2) is 0 Å². The van der Waals surface area contributed by atoms with Gasteiger partial charge in [0.05, 0.1) is 0 Å². The van der Waals surface area contributed by atoms with Crippen LogP contribution in [-0.2, 0) is 0 Å². The number of hydrogen-bond acceptors (Lipinski definition) is 2. The molecule has 0 aromatic rings. The first-order valence-corrected chi connectivity index (χ1v) is 1.66. The molecule has 0 saturated heterocycles. The van der Waals surface area contributed by atoms with Crippen molar-refractivity contribution in [3.8, 4) is 0 Å². The Kier molecular flexibility index (Phi) is 3.07. The molecule has 4 heteroatoms. The summed E-state index contributed by atoms with van der Waals surface area (Å²) in [6.07, 6.45) is 0. The van der Waals surface area contributed by atoms with Gasteiger partial charge in [-0.05, 0) is 7.05 Å². The molecule has 0 spiro atoms. The second-order valence-electron chi connectivity index (χ2n) is 0.943. The van der Waals surface area contributed by atoms with E-state index in [0.717, 1.165) is 0 Å². The Bertz CT molecular complexity index is 32.7. The zero-order valence-electron chi connectivity index (χ0n) is 3.90. The van der Waals surface area contributed by atoms with E-state index in [4.69, 9.17) is 0 Å². The molecule has 35 valence electrons. The van der Waals surface area contributed by atoms with Gasteiger partial charge in [-0.3, -0.25) is 0 Å². The molecule has 0 saturated carbocycles. The molecule has 0 amide bonds. The maximum atomic E-state index is 11.4. The van der Waals surface area contributed by atoms with Crippen LogP contribution < -0.4 is 5.23 Å². The van der Waals surface area contributed by atoms with Gasteiger partial charge in [0.2, 0.25) is 0 Å². The van der Waals surface area contributed by atoms with Gasteiger partial charge in [-0.15, -0.1) is 4.48 Å². The van der Waals surface area contributed by atoms with Crippen LogP contribution in [0.4, 0.5) is 4.48 Å². The molecule has 0 heterocycles. The van der Waals surface area contributed by atoms with Crippen molar-refractivity contribution >= 4 is 7.55 Å².